The molecule has 2 aliphatic heterocycles. The lowest BCUT2D eigenvalue weighted by Crippen LogP contribution is -2.51. The van der Waals surface area contributed by atoms with Crippen molar-refractivity contribution in [2.24, 2.45) is 7.05 Å². The van der Waals surface area contributed by atoms with Crippen molar-refractivity contribution < 1.29 is 13.1 Å². The van der Waals surface area contributed by atoms with Crippen molar-refractivity contribution in [3.05, 3.63) is 57.8 Å². The third-order valence-electron chi connectivity index (χ3n) is 5.22. The third-order valence-corrected chi connectivity index (χ3v) is 5.22. The van der Waals surface area contributed by atoms with Crippen LogP contribution in [-0.2, 0) is 7.05 Å². The Morgan fingerprint density at radius 3 is 2.40 bits per heavy atom. The maximum atomic E-state index is 15.5. The van der Waals surface area contributed by atoms with Crippen LogP contribution in [0.4, 0.5) is 8.63 Å². The summed E-state index contributed by atoms with van der Waals surface area (Å²) in [5, 5.41) is 4.44. The molecule has 0 unspecified atom stereocenters. The van der Waals surface area contributed by atoms with Crippen LogP contribution in [0.5, 0.6) is 0 Å². The fourth-order valence-corrected chi connectivity index (χ4v) is 4.40. The van der Waals surface area contributed by atoms with E-state index in [1.165, 1.54) is 8.96 Å². The van der Waals surface area contributed by atoms with Crippen LogP contribution < -0.4 is 0 Å². The average Bonchev–Trinajstić information content (AvgIpc) is 3.07. The van der Waals surface area contributed by atoms with Gasteiger partial charge in [-0.15, -0.1) is 0 Å². The van der Waals surface area contributed by atoms with Gasteiger partial charge in [0.1, 0.15) is 5.71 Å². The van der Waals surface area contributed by atoms with Gasteiger partial charge < -0.3 is 17.6 Å². The Morgan fingerprint density at radius 2 is 1.80 bits per heavy atom. The Morgan fingerprint density at radius 1 is 1.12 bits per heavy atom. The average molecular weight is 342 g/mol. The second-order valence-electron chi connectivity index (χ2n) is 7.14. The number of hydrogen-bond donors (Lipinski definition) is 0. The van der Waals surface area contributed by atoms with Crippen molar-refractivity contribution in [1.82, 2.24) is 14.3 Å². The molecular weight excluding hydrogens is 321 g/mol. The number of nitrogens with zero attached hydrogens (tertiary/aromatic N) is 4. The first-order valence-corrected chi connectivity index (χ1v) is 8.42. The van der Waals surface area contributed by atoms with E-state index in [2.05, 4.69) is 5.10 Å². The Bertz CT molecular complexity index is 1030. The van der Waals surface area contributed by atoms with Crippen molar-refractivity contribution >= 4 is 18.3 Å². The highest BCUT2D eigenvalue weighted by Gasteiger charge is 2.55. The number of aromatic nitrogens is 3. The van der Waals surface area contributed by atoms with Gasteiger partial charge in [0.15, 0.2) is 5.70 Å². The van der Waals surface area contributed by atoms with Gasteiger partial charge in [0, 0.05) is 43.1 Å². The van der Waals surface area contributed by atoms with E-state index in [-0.39, 0.29) is 0 Å². The smallest absolute Gasteiger partial charge is 0.393 e. The van der Waals surface area contributed by atoms with E-state index in [1.807, 2.05) is 46.2 Å². The molecular formula is C18H21BF2N4. The topological polar surface area (TPSA) is 25.8 Å². The SMILES string of the molecule is CC1=CC(C)=[N+]2C1=C(c1cn(C)nc1C)c1c(C)cc(C)n1[B-]2(F)F. The first-order chi connectivity index (χ1) is 11.6. The van der Waals surface area contributed by atoms with Crippen LogP contribution in [0.1, 0.15) is 42.1 Å². The maximum Gasteiger partial charge on any atom is 0.737 e. The molecule has 0 fully saturated rings. The van der Waals surface area contributed by atoms with Gasteiger partial charge in [0.2, 0.25) is 0 Å². The van der Waals surface area contributed by atoms with Crippen LogP contribution in [-0.4, -0.2) is 31.4 Å². The summed E-state index contributed by atoms with van der Waals surface area (Å²) in [5.74, 6) is 0. The molecule has 4 nitrogen and oxygen atoms in total. The molecule has 2 aromatic heterocycles. The Labute approximate surface area is 145 Å². The summed E-state index contributed by atoms with van der Waals surface area (Å²) in [5.41, 5.74) is 6.67. The van der Waals surface area contributed by atoms with Crippen LogP contribution >= 0.6 is 0 Å². The van der Waals surface area contributed by atoms with Gasteiger partial charge in [0.25, 0.3) is 0 Å². The zero-order valence-corrected chi connectivity index (χ0v) is 15.4. The largest absolute Gasteiger partial charge is 0.737 e. The highest BCUT2D eigenvalue weighted by atomic mass is 19.2. The number of fused-ring (bicyclic) bond motifs is 2. The van der Waals surface area contributed by atoms with E-state index in [1.54, 1.807) is 18.5 Å². The van der Waals surface area contributed by atoms with Crippen molar-refractivity contribution in [3.63, 3.8) is 0 Å². The van der Waals surface area contributed by atoms with E-state index in [0.717, 1.165) is 28.0 Å². The van der Waals surface area contributed by atoms with Gasteiger partial charge in [-0.05, 0) is 45.0 Å². The Hall–Kier alpha value is -2.44. The zero-order chi connectivity index (χ0) is 18.3. The Kier molecular flexibility index (Phi) is 3.09. The maximum absolute atomic E-state index is 15.5. The summed E-state index contributed by atoms with van der Waals surface area (Å²) in [6.07, 6.45) is 3.76. The van der Waals surface area contributed by atoms with E-state index in [9.17, 15) is 0 Å². The van der Waals surface area contributed by atoms with Crippen molar-refractivity contribution in [2.45, 2.75) is 34.6 Å². The van der Waals surface area contributed by atoms with Crippen LogP contribution in [0.3, 0.4) is 0 Å². The normalized spacial score (nSPS) is 18.6. The van der Waals surface area contributed by atoms with Crippen molar-refractivity contribution in [1.29, 1.82) is 0 Å². The van der Waals surface area contributed by atoms with Gasteiger partial charge in [-0.1, -0.05) is 0 Å². The molecule has 25 heavy (non-hydrogen) atoms. The molecule has 0 spiro atoms. The van der Waals surface area contributed by atoms with Crippen molar-refractivity contribution in [3.8, 4) is 0 Å². The second-order valence-corrected chi connectivity index (χ2v) is 7.14. The van der Waals surface area contributed by atoms with E-state index >= 15 is 8.63 Å². The Balaban J connectivity index is 2.21. The quantitative estimate of drug-likeness (QED) is 0.728. The summed E-state index contributed by atoms with van der Waals surface area (Å²) < 4.78 is 35.1. The molecule has 2 aliphatic rings. The van der Waals surface area contributed by atoms with Gasteiger partial charge >= 0.3 is 6.97 Å². The van der Waals surface area contributed by atoms with Crippen LogP contribution in [0, 0.1) is 20.8 Å². The minimum Gasteiger partial charge on any atom is -0.393 e. The summed E-state index contributed by atoms with van der Waals surface area (Å²) in [7, 11) is 1.85. The van der Waals surface area contributed by atoms with Gasteiger partial charge in [-0.2, -0.15) is 5.10 Å². The number of aryl methyl sites for hydroxylation is 4. The first-order valence-electron chi connectivity index (χ1n) is 8.42. The molecule has 0 amide bonds. The van der Waals surface area contributed by atoms with E-state index in [0.29, 0.717) is 22.8 Å². The summed E-state index contributed by atoms with van der Waals surface area (Å²) in [6, 6.07) is 1.84. The number of allylic oxidation sites excluding steroid dienone is 2. The standard InChI is InChI=1S/C18H21BF2N4/c1-10-7-12(3)24-17(10)16(15-9-23(6)22-14(15)5)18-11(2)8-13(4)25(18)19(24,20)21/h7-9H,1-6H3. The minimum atomic E-state index is -3.92. The lowest BCUT2D eigenvalue weighted by Gasteiger charge is -2.33. The number of halogens is 2. The predicted molar refractivity (Wildman–Crippen MR) is 95.9 cm³/mol. The molecule has 7 heteroatoms. The molecule has 0 aromatic carbocycles. The molecule has 0 N–H and O–H groups in total. The first kappa shape index (κ1) is 16.1. The number of rotatable bonds is 1. The molecule has 2 aromatic rings. The van der Waals surface area contributed by atoms with Gasteiger partial charge in [0.05, 0.1) is 11.3 Å². The monoisotopic (exact) mass is 342 g/mol. The highest BCUT2D eigenvalue weighted by molar-refractivity contribution is 6.58. The molecule has 0 saturated carbocycles. The summed E-state index contributed by atoms with van der Waals surface area (Å²) in [4.78, 5) is 0. The predicted octanol–water partition coefficient (Wildman–Crippen LogP) is 3.58. The molecule has 0 radical (unpaired) electrons. The fraction of sp³-hybridized carbons (Fsp3) is 0.333. The summed E-state index contributed by atoms with van der Waals surface area (Å²) >= 11 is 0. The minimum absolute atomic E-state index is 0.577. The van der Waals surface area contributed by atoms with Crippen LogP contribution in [0.25, 0.3) is 5.57 Å². The molecule has 4 heterocycles. The fourth-order valence-electron chi connectivity index (χ4n) is 4.40. The molecule has 4 rings (SSSR count). The summed E-state index contributed by atoms with van der Waals surface area (Å²) in [6.45, 7) is 5.29. The van der Waals surface area contributed by atoms with Crippen LogP contribution in [0.2, 0.25) is 0 Å². The van der Waals surface area contributed by atoms with Gasteiger partial charge in [-0.3, -0.25) is 4.68 Å². The lowest BCUT2D eigenvalue weighted by atomic mass is 9.84. The molecule has 130 valence electrons. The number of hydrogen-bond acceptors (Lipinski definition) is 1. The van der Waals surface area contributed by atoms with Crippen molar-refractivity contribution in [2.75, 3.05) is 0 Å². The molecule has 0 saturated heterocycles. The second kappa shape index (κ2) is 4.81. The lowest BCUT2D eigenvalue weighted by molar-refractivity contribution is -0.363. The van der Waals surface area contributed by atoms with E-state index < -0.39 is 6.97 Å². The van der Waals surface area contributed by atoms with Crippen LogP contribution in [0.15, 0.2) is 29.6 Å². The molecule has 0 aliphatic carbocycles. The highest BCUT2D eigenvalue weighted by Crippen LogP contribution is 2.44. The third kappa shape index (κ3) is 1.92. The van der Waals surface area contributed by atoms with Gasteiger partial charge in [-0.25, -0.2) is 0 Å². The molecule has 0 bridgehead atoms. The van der Waals surface area contributed by atoms with E-state index in [4.69, 9.17) is 0 Å². The zero-order valence-electron chi connectivity index (χ0n) is 15.4. The molecule has 0 atom stereocenters.